The SMILES string of the molecule is CN(CCc1noc(-c2cc3cc(Cl)ccc3[nH]2)n1)C(=O)Cc1cccc(F)c1. The fourth-order valence-electron chi connectivity index (χ4n) is 3.03. The summed E-state index contributed by atoms with van der Waals surface area (Å²) in [6.45, 7) is 0.426. The van der Waals surface area contributed by atoms with E-state index in [1.54, 1.807) is 30.1 Å². The van der Waals surface area contributed by atoms with Gasteiger partial charge in [0.25, 0.3) is 5.89 Å². The Hall–Kier alpha value is -3.19. The number of fused-ring (bicyclic) bond motifs is 1. The summed E-state index contributed by atoms with van der Waals surface area (Å²) in [5.41, 5.74) is 2.27. The summed E-state index contributed by atoms with van der Waals surface area (Å²) in [5.74, 6) is 0.423. The van der Waals surface area contributed by atoms with Crippen molar-refractivity contribution in [3.8, 4) is 11.6 Å². The first kappa shape index (κ1) is 19.1. The van der Waals surface area contributed by atoms with Crippen LogP contribution in [0.4, 0.5) is 4.39 Å². The van der Waals surface area contributed by atoms with Crippen molar-refractivity contribution in [1.29, 1.82) is 0 Å². The van der Waals surface area contributed by atoms with E-state index in [0.29, 0.717) is 41.0 Å². The van der Waals surface area contributed by atoms with Crippen LogP contribution < -0.4 is 0 Å². The Morgan fingerprint density at radius 2 is 2.10 bits per heavy atom. The van der Waals surface area contributed by atoms with Crippen LogP contribution in [0.3, 0.4) is 0 Å². The van der Waals surface area contributed by atoms with Gasteiger partial charge in [0.15, 0.2) is 5.82 Å². The largest absolute Gasteiger partial charge is 0.351 e. The Morgan fingerprint density at radius 3 is 2.93 bits per heavy atom. The summed E-state index contributed by atoms with van der Waals surface area (Å²) in [6.07, 6.45) is 0.588. The fraction of sp³-hybridized carbons (Fsp3) is 0.190. The Bertz CT molecular complexity index is 1170. The summed E-state index contributed by atoms with van der Waals surface area (Å²) in [5, 5.41) is 5.59. The Morgan fingerprint density at radius 1 is 1.24 bits per heavy atom. The van der Waals surface area contributed by atoms with Crippen LogP contribution in [-0.2, 0) is 17.6 Å². The van der Waals surface area contributed by atoms with Crippen molar-refractivity contribution in [3.05, 3.63) is 70.8 Å². The second-order valence-corrected chi connectivity index (χ2v) is 7.24. The lowest BCUT2D eigenvalue weighted by molar-refractivity contribution is -0.129. The summed E-state index contributed by atoms with van der Waals surface area (Å²) >= 11 is 6.02. The van der Waals surface area contributed by atoms with Gasteiger partial charge < -0.3 is 14.4 Å². The van der Waals surface area contributed by atoms with E-state index < -0.39 is 0 Å². The number of rotatable bonds is 6. The number of nitrogens with one attached hydrogen (secondary N) is 1. The number of nitrogens with zero attached hydrogens (tertiary/aromatic N) is 3. The third-order valence-corrected chi connectivity index (χ3v) is 4.86. The van der Waals surface area contributed by atoms with E-state index in [4.69, 9.17) is 16.1 Å². The topological polar surface area (TPSA) is 75.0 Å². The number of amides is 1. The van der Waals surface area contributed by atoms with E-state index in [9.17, 15) is 9.18 Å². The van der Waals surface area contributed by atoms with Crippen molar-refractivity contribution in [2.75, 3.05) is 13.6 Å². The summed E-state index contributed by atoms with van der Waals surface area (Å²) in [7, 11) is 1.70. The molecule has 2 aromatic carbocycles. The van der Waals surface area contributed by atoms with Gasteiger partial charge in [0.1, 0.15) is 11.5 Å². The van der Waals surface area contributed by atoms with Crippen LogP contribution in [0.15, 0.2) is 53.1 Å². The van der Waals surface area contributed by atoms with Gasteiger partial charge in [-0.25, -0.2) is 4.39 Å². The van der Waals surface area contributed by atoms with Gasteiger partial charge in [0.2, 0.25) is 5.91 Å². The van der Waals surface area contributed by atoms with Crippen LogP contribution in [0.25, 0.3) is 22.5 Å². The van der Waals surface area contributed by atoms with Crippen LogP contribution in [0.5, 0.6) is 0 Å². The Labute approximate surface area is 171 Å². The van der Waals surface area contributed by atoms with E-state index in [-0.39, 0.29) is 18.1 Å². The van der Waals surface area contributed by atoms with E-state index in [1.807, 2.05) is 18.2 Å². The minimum absolute atomic E-state index is 0.105. The number of halogens is 2. The summed E-state index contributed by atoms with van der Waals surface area (Å²) in [6, 6.07) is 13.5. The van der Waals surface area contributed by atoms with Gasteiger partial charge in [-0.1, -0.05) is 28.9 Å². The quantitative estimate of drug-likeness (QED) is 0.513. The summed E-state index contributed by atoms with van der Waals surface area (Å²) < 4.78 is 18.6. The minimum atomic E-state index is -0.350. The molecule has 1 amide bonds. The van der Waals surface area contributed by atoms with Crippen molar-refractivity contribution in [2.24, 2.45) is 0 Å². The van der Waals surface area contributed by atoms with Crippen LogP contribution in [0.2, 0.25) is 5.02 Å². The molecule has 29 heavy (non-hydrogen) atoms. The summed E-state index contributed by atoms with van der Waals surface area (Å²) in [4.78, 5) is 21.5. The highest BCUT2D eigenvalue weighted by atomic mass is 35.5. The van der Waals surface area contributed by atoms with E-state index in [2.05, 4.69) is 15.1 Å². The van der Waals surface area contributed by atoms with E-state index in [1.165, 1.54) is 12.1 Å². The molecule has 0 aliphatic carbocycles. The number of benzene rings is 2. The average molecular weight is 413 g/mol. The molecule has 2 aromatic heterocycles. The maximum atomic E-state index is 13.3. The molecular weight excluding hydrogens is 395 g/mol. The molecular formula is C21H18ClFN4O2. The molecule has 0 saturated heterocycles. The maximum absolute atomic E-state index is 13.3. The average Bonchev–Trinajstić information content (AvgIpc) is 3.32. The molecule has 1 N–H and O–H groups in total. The predicted molar refractivity (Wildman–Crippen MR) is 108 cm³/mol. The molecule has 4 aromatic rings. The Balaban J connectivity index is 1.37. The van der Waals surface area contributed by atoms with Crippen molar-refractivity contribution >= 4 is 28.4 Å². The first-order valence-electron chi connectivity index (χ1n) is 9.07. The van der Waals surface area contributed by atoms with Crippen LogP contribution in [0, 0.1) is 5.82 Å². The molecule has 0 bridgehead atoms. The molecule has 148 valence electrons. The highest BCUT2D eigenvalue weighted by molar-refractivity contribution is 6.31. The van der Waals surface area contributed by atoms with Crippen molar-refractivity contribution in [1.82, 2.24) is 20.0 Å². The monoisotopic (exact) mass is 412 g/mol. The third kappa shape index (κ3) is 4.46. The number of hydrogen-bond donors (Lipinski definition) is 1. The lowest BCUT2D eigenvalue weighted by Crippen LogP contribution is -2.30. The standard InChI is InChI=1S/C21H18ClFN4O2/c1-27(20(28)10-13-3-2-4-16(23)9-13)8-7-19-25-21(29-26-19)18-12-14-11-15(22)5-6-17(14)24-18/h2-6,9,11-12,24H,7-8,10H2,1H3. The molecule has 2 heterocycles. The zero-order valence-corrected chi connectivity index (χ0v) is 16.4. The molecule has 0 aliphatic rings. The number of aromatic amines is 1. The van der Waals surface area contributed by atoms with Crippen molar-refractivity contribution in [2.45, 2.75) is 12.8 Å². The minimum Gasteiger partial charge on any atom is -0.351 e. The van der Waals surface area contributed by atoms with E-state index in [0.717, 1.165) is 10.9 Å². The van der Waals surface area contributed by atoms with Gasteiger partial charge >= 0.3 is 0 Å². The molecule has 0 fully saturated rings. The molecule has 4 rings (SSSR count). The zero-order valence-electron chi connectivity index (χ0n) is 15.7. The lowest BCUT2D eigenvalue weighted by Gasteiger charge is -2.16. The lowest BCUT2D eigenvalue weighted by atomic mass is 10.1. The van der Waals surface area contributed by atoms with Gasteiger partial charge in [-0.2, -0.15) is 4.98 Å². The number of carbonyl (C=O) groups is 1. The molecule has 0 aliphatic heterocycles. The maximum Gasteiger partial charge on any atom is 0.274 e. The normalized spacial score (nSPS) is 11.1. The van der Waals surface area contributed by atoms with Crippen molar-refractivity contribution in [3.63, 3.8) is 0 Å². The smallest absolute Gasteiger partial charge is 0.274 e. The second kappa shape index (κ2) is 8.05. The third-order valence-electron chi connectivity index (χ3n) is 4.62. The number of H-pyrrole nitrogens is 1. The molecule has 8 heteroatoms. The van der Waals surface area contributed by atoms with Crippen LogP contribution >= 0.6 is 11.6 Å². The van der Waals surface area contributed by atoms with Gasteiger partial charge in [0.05, 0.1) is 6.42 Å². The first-order valence-corrected chi connectivity index (χ1v) is 9.45. The second-order valence-electron chi connectivity index (χ2n) is 6.80. The molecule has 6 nitrogen and oxygen atoms in total. The molecule has 0 unspecified atom stereocenters. The fourth-order valence-corrected chi connectivity index (χ4v) is 3.21. The van der Waals surface area contributed by atoms with E-state index >= 15 is 0 Å². The molecule has 0 radical (unpaired) electrons. The zero-order chi connectivity index (χ0) is 20.4. The first-order chi connectivity index (χ1) is 14.0. The van der Waals surface area contributed by atoms with Gasteiger partial charge in [-0.05, 0) is 42.0 Å². The van der Waals surface area contributed by atoms with Gasteiger partial charge in [-0.3, -0.25) is 4.79 Å². The highest BCUT2D eigenvalue weighted by Crippen LogP contribution is 2.25. The number of aromatic nitrogens is 3. The number of hydrogen-bond acceptors (Lipinski definition) is 4. The molecule has 0 atom stereocenters. The van der Waals surface area contributed by atoms with Crippen LogP contribution in [0.1, 0.15) is 11.4 Å². The van der Waals surface area contributed by atoms with Crippen molar-refractivity contribution < 1.29 is 13.7 Å². The number of carbonyl (C=O) groups excluding carboxylic acids is 1. The highest BCUT2D eigenvalue weighted by Gasteiger charge is 2.15. The van der Waals surface area contributed by atoms with Crippen LogP contribution in [-0.4, -0.2) is 39.5 Å². The molecule has 0 saturated carbocycles. The van der Waals surface area contributed by atoms with Gasteiger partial charge in [-0.15, -0.1) is 0 Å². The Kier molecular flexibility index (Phi) is 5.31. The van der Waals surface area contributed by atoms with Gasteiger partial charge in [0, 0.05) is 35.9 Å². The number of likely N-dealkylation sites (N-methyl/N-ethyl adjacent to an activating group) is 1. The molecule has 0 spiro atoms. The predicted octanol–water partition coefficient (Wildman–Crippen LogP) is 4.25.